The van der Waals surface area contributed by atoms with E-state index in [0.717, 1.165) is 16.7 Å². The van der Waals surface area contributed by atoms with Crippen molar-refractivity contribution in [1.29, 1.82) is 0 Å². The minimum Gasteiger partial charge on any atom is -0.368 e. The van der Waals surface area contributed by atoms with Crippen molar-refractivity contribution in [2.24, 2.45) is 5.11 Å². The summed E-state index contributed by atoms with van der Waals surface area (Å²) in [5.74, 6) is 0. The van der Waals surface area contributed by atoms with E-state index >= 15 is 0 Å². The molecule has 176 valence electrons. The van der Waals surface area contributed by atoms with E-state index in [1.807, 2.05) is 97.9 Å². The molecule has 1 aliphatic heterocycles. The lowest BCUT2D eigenvalue weighted by Gasteiger charge is -2.44. The minimum absolute atomic E-state index is 0.331. The zero-order chi connectivity index (χ0) is 23.6. The van der Waals surface area contributed by atoms with E-state index in [1.165, 1.54) is 0 Å². The molecule has 3 aromatic carbocycles. The van der Waals surface area contributed by atoms with E-state index in [1.54, 1.807) is 0 Å². The third kappa shape index (κ3) is 6.44. The summed E-state index contributed by atoms with van der Waals surface area (Å²) in [5.41, 5.74) is 12.3. The molecule has 0 radical (unpaired) electrons. The maximum absolute atomic E-state index is 9.17. The summed E-state index contributed by atoms with van der Waals surface area (Å²) in [7, 11) is 0. The van der Waals surface area contributed by atoms with Crippen LogP contribution in [0.15, 0.2) is 96.1 Å². The van der Waals surface area contributed by atoms with Gasteiger partial charge in [-0.1, -0.05) is 96.1 Å². The second-order valence-corrected chi connectivity index (χ2v) is 8.22. The van der Waals surface area contributed by atoms with Crippen LogP contribution in [0.2, 0.25) is 0 Å². The van der Waals surface area contributed by atoms with E-state index in [2.05, 4.69) is 10.0 Å². The highest BCUT2D eigenvalue weighted by atomic mass is 16.6. The molecule has 7 nitrogen and oxygen atoms in total. The Morgan fingerprint density at radius 2 is 1.09 bits per heavy atom. The largest absolute Gasteiger partial charge is 0.368 e. The molecule has 1 heterocycles. The first kappa shape index (κ1) is 24.0. The van der Waals surface area contributed by atoms with Crippen molar-refractivity contribution >= 4 is 0 Å². The standard InChI is InChI=1S/C27H29N3O4/c1-20-24(31-17-21-11-5-2-6-12-21)25(32-18-22-13-7-3-8-14-22)26(27(34-20)29-30-28)33-19-23-15-9-4-10-16-23/h2-16,20,24-27H,17-19H2,1H3/t20-,24+,25+,26-,27-/m0/s1. The Balaban J connectivity index is 1.57. The van der Waals surface area contributed by atoms with Crippen LogP contribution < -0.4 is 0 Å². The van der Waals surface area contributed by atoms with Crippen LogP contribution in [-0.4, -0.2) is 30.6 Å². The maximum atomic E-state index is 9.17. The zero-order valence-electron chi connectivity index (χ0n) is 19.1. The highest BCUT2D eigenvalue weighted by Crippen LogP contribution is 2.31. The fraction of sp³-hybridized carbons (Fsp3) is 0.333. The van der Waals surface area contributed by atoms with E-state index in [4.69, 9.17) is 18.9 Å². The molecular weight excluding hydrogens is 430 g/mol. The third-order valence-electron chi connectivity index (χ3n) is 5.77. The third-order valence-corrected chi connectivity index (χ3v) is 5.77. The van der Waals surface area contributed by atoms with Crippen LogP contribution in [0.25, 0.3) is 10.4 Å². The number of benzene rings is 3. The second kappa shape index (κ2) is 12.3. The predicted molar refractivity (Wildman–Crippen MR) is 129 cm³/mol. The van der Waals surface area contributed by atoms with Gasteiger partial charge in [-0.2, -0.15) is 0 Å². The minimum atomic E-state index is -0.832. The van der Waals surface area contributed by atoms with Gasteiger partial charge in [-0.15, -0.1) is 0 Å². The lowest BCUT2D eigenvalue weighted by Crippen LogP contribution is -2.58. The topological polar surface area (TPSA) is 85.7 Å². The molecule has 1 aliphatic rings. The number of azide groups is 1. The van der Waals surface area contributed by atoms with Gasteiger partial charge in [-0.05, 0) is 29.1 Å². The van der Waals surface area contributed by atoms with Gasteiger partial charge in [0, 0.05) is 4.91 Å². The van der Waals surface area contributed by atoms with Crippen LogP contribution in [-0.2, 0) is 38.8 Å². The molecule has 0 amide bonds. The molecule has 4 rings (SSSR count). The average Bonchev–Trinajstić information content (AvgIpc) is 2.88. The van der Waals surface area contributed by atoms with Gasteiger partial charge in [0.1, 0.15) is 18.3 Å². The Labute approximate surface area is 199 Å². The van der Waals surface area contributed by atoms with E-state index in [-0.39, 0.29) is 6.10 Å². The van der Waals surface area contributed by atoms with Gasteiger partial charge >= 0.3 is 0 Å². The average molecular weight is 460 g/mol. The lowest BCUT2D eigenvalue weighted by molar-refractivity contribution is -0.259. The molecule has 0 N–H and O–H groups in total. The summed E-state index contributed by atoms with van der Waals surface area (Å²) in [6, 6.07) is 29.7. The lowest BCUT2D eigenvalue weighted by atomic mass is 9.98. The molecule has 0 spiro atoms. The SMILES string of the molecule is C[C@@H]1O[C@H](N=[N+]=[N-])[C@@H](OCc2ccccc2)[C@H](OCc2ccccc2)[C@@H]1OCc1ccccc1. The molecule has 0 aromatic heterocycles. The molecule has 5 atom stereocenters. The van der Waals surface area contributed by atoms with Crippen LogP contribution in [0.3, 0.4) is 0 Å². The molecule has 1 fully saturated rings. The Morgan fingerprint density at radius 3 is 1.53 bits per heavy atom. The molecular formula is C27H29N3O4. The molecule has 0 bridgehead atoms. The first-order valence-corrected chi connectivity index (χ1v) is 11.4. The first-order chi connectivity index (χ1) is 16.7. The van der Waals surface area contributed by atoms with Gasteiger partial charge in [0.25, 0.3) is 0 Å². The number of nitrogens with zero attached hydrogens (tertiary/aromatic N) is 3. The fourth-order valence-electron chi connectivity index (χ4n) is 4.03. The zero-order valence-corrected chi connectivity index (χ0v) is 19.1. The molecule has 7 heteroatoms. The quantitative estimate of drug-likeness (QED) is 0.218. The van der Waals surface area contributed by atoms with E-state index in [0.29, 0.717) is 19.8 Å². The van der Waals surface area contributed by atoms with Crippen molar-refractivity contribution in [2.45, 2.75) is 57.4 Å². The van der Waals surface area contributed by atoms with Crippen molar-refractivity contribution in [2.75, 3.05) is 0 Å². The Kier molecular flexibility index (Phi) is 8.68. The van der Waals surface area contributed by atoms with Gasteiger partial charge in [0.15, 0.2) is 6.23 Å². The van der Waals surface area contributed by atoms with Crippen LogP contribution in [0.4, 0.5) is 0 Å². The van der Waals surface area contributed by atoms with E-state index in [9.17, 15) is 5.53 Å². The first-order valence-electron chi connectivity index (χ1n) is 11.4. The number of rotatable bonds is 10. The molecule has 1 saturated heterocycles. The van der Waals surface area contributed by atoms with Gasteiger partial charge in [0.05, 0.1) is 25.9 Å². The Bertz CT molecular complexity index is 1050. The molecule has 0 saturated carbocycles. The molecule has 3 aromatic rings. The van der Waals surface area contributed by atoms with E-state index < -0.39 is 24.5 Å². The number of ether oxygens (including phenoxy) is 4. The second-order valence-electron chi connectivity index (χ2n) is 8.22. The van der Waals surface area contributed by atoms with Gasteiger partial charge < -0.3 is 18.9 Å². The summed E-state index contributed by atoms with van der Waals surface area (Å²) in [5, 5.41) is 3.88. The van der Waals surface area contributed by atoms with Crippen LogP contribution in [0.5, 0.6) is 0 Å². The van der Waals surface area contributed by atoms with Crippen molar-refractivity contribution in [1.82, 2.24) is 0 Å². The molecule has 0 unspecified atom stereocenters. The van der Waals surface area contributed by atoms with Gasteiger partial charge in [-0.3, -0.25) is 0 Å². The normalized spacial score (nSPS) is 24.3. The highest BCUT2D eigenvalue weighted by molar-refractivity contribution is 5.15. The van der Waals surface area contributed by atoms with Crippen LogP contribution >= 0.6 is 0 Å². The van der Waals surface area contributed by atoms with Crippen molar-refractivity contribution in [3.8, 4) is 0 Å². The number of hydrogen-bond acceptors (Lipinski definition) is 5. The monoisotopic (exact) mass is 459 g/mol. The summed E-state index contributed by atoms with van der Waals surface area (Å²) in [6.07, 6.45) is -2.77. The van der Waals surface area contributed by atoms with Crippen molar-refractivity contribution in [3.05, 3.63) is 118 Å². The highest BCUT2D eigenvalue weighted by Gasteiger charge is 2.46. The smallest absolute Gasteiger partial charge is 0.165 e. The number of hydrogen-bond donors (Lipinski definition) is 0. The van der Waals surface area contributed by atoms with Crippen molar-refractivity contribution in [3.63, 3.8) is 0 Å². The van der Waals surface area contributed by atoms with Crippen molar-refractivity contribution < 1.29 is 18.9 Å². The maximum Gasteiger partial charge on any atom is 0.165 e. The molecule has 0 aliphatic carbocycles. The summed E-state index contributed by atoms with van der Waals surface area (Å²) in [4.78, 5) is 2.99. The predicted octanol–water partition coefficient (Wildman–Crippen LogP) is 5.80. The van der Waals surface area contributed by atoms with Crippen LogP contribution in [0.1, 0.15) is 23.6 Å². The Morgan fingerprint density at radius 1 is 0.676 bits per heavy atom. The van der Waals surface area contributed by atoms with Gasteiger partial charge in [-0.25, -0.2) is 0 Å². The summed E-state index contributed by atoms with van der Waals surface area (Å²) < 4.78 is 25.1. The van der Waals surface area contributed by atoms with Gasteiger partial charge in [0.2, 0.25) is 0 Å². The Hall–Kier alpha value is -3.19. The summed E-state index contributed by atoms with van der Waals surface area (Å²) in [6.45, 7) is 3.01. The molecule has 34 heavy (non-hydrogen) atoms. The fourth-order valence-corrected chi connectivity index (χ4v) is 4.03. The van der Waals surface area contributed by atoms with Crippen LogP contribution in [0, 0.1) is 0 Å². The summed E-state index contributed by atoms with van der Waals surface area (Å²) >= 11 is 0.